The van der Waals surface area contributed by atoms with Crippen LogP contribution in [-0.4, -0.2) is 17.2 Å². The van der Waals surface area contributed by atoms with E-state index in [1.54, 1.807) is 11.8 Å². The molecule has 1 aliphatic rings. The highest BCUT2D eigenvalue weighted by atomic mass is 32.2. The van der Waals surface area contributed by atoms with Crippen molar-refractivity contribution in [3.05, 3.63) is 35.9 Å². The lowest BCUT2D eigenvalue weighted by Crippen LogP contribution is -2.37. The minimum atomic E-state index is 0.0100. The molecule has 1 aromatic carbocycles. The van der Waals surface area contributed by atoms with Crippen LogP contribution in [-0.2, 0) is 4.79 Å². The lowest BCUT2D eigenvalue weighted by molar-refractivity contribution is -0.120. The van der Waals surface area contributed by atoms with E-state index in [9.17, 15) is 4.79 Å². The first-order valence-corrected chi connectivity index (χ1v) is 8.12. The molecule has 2 rings (SSSR count). The quantitative estimate of drug-likeness (QED) is 0.883. The topological polar surface area (TPSA) is 29.1 Å². The Morgan fingerprint density at radius 1 is 1.21 bits per heavy atom. The molecule has 0 aliphatic heterocycles. The van der Waals surface area contributed by atoms with Gasteiger partial charge in [0.05, 0.1) is 5.25 Å². The van der Waals surface area contributed by atoms with Gasteiger partial charge in [0.1, 0.15) is 0 Å². The number of hydrogen-bond donors (Lipinski definition) is 1. The van der Waals surface area contributed by atoms with Crippen LogP contribution in [0.1, 0.15) is 50.3 Å². The van der Waals surface area contributed by atoms with E-state index in [1.807, 2.05) is 13.0 Å². The van der Waals surface area contributed by atoms with Gasteiger partial charge in [-0.25, -0.2) is 0 Å². The van der Waals surface area contributed by atoms with Crippen LogP contribution in [0.5, 0.6) is 0 Å². The Bertz CT molecular complexity index is 400. The van der Waals surface area contributed by atoms with Crippen LogP contribution < -0.4 is 5.32 Å². The molecule has 1 fully saturated rings. The highest BCUT2D eigenvalue weighted by Gasteiger charge is 2.22. The summed E-state index contributed by atoms with van der Waals surface area (Å²) in [6.07, 6.45) is 4.81. The van der Waals surface area contributed by atoms with Crippen LogP contribution in [0.25, 0.3) is 0 Å². The van der Waals surface area contributed by atoms with Crippen molar-refractivity contribution >= 4 is 17.7 Å². The predicted molar refractivity (Wildman–Crippen MR) is 82.3 cm³/mol. The molecule has 0 aromatic heterocycles. The van der Waals surface area contributed by atoms with Gasteiger partial charge in [-0.05, 0) is 32.3 Å². The van der Waals surface area contributed by atoms with E-state index in [0.717, 1.165) is 12.8 Å². The van der Waals surface area contributed by atoms with Crippen molar-refractivity contribution < 1.29 is 4.79 Å². The van der Waals surface area contributed by atoms with Crippen LogP contribution in [0.2, 0.25) is 0 Å². The van der Waals surface area contributed by atoms with E-state index in [1.165, 1.54) is 18.4 Å². The fourth-order valence-electron chi connectivity index (χ4n) is 2.56. The summed E-state index contributed by atoms with van der Waals surface area (Å²) in [4.78, 5) is 12.1. The molecule has 1 saturated carbocycles. The van der Waals surface area contributed by atoms with E-state index < -0.39 is 0 Å². The van der Waals surface area contributed by atoms with E-state index in [-0.39, 0.29) is 11.2 Å². The number of benzene rings is 1. The molecule has 1 aliphatic carbocycles. The maximum absolute atomic E-state index is 12.1. The average molecular weight is 277 g/mol. The van der Waals surface area contributed by atoms with E-state index in [4.69, 9.17) is 0 Å². The Morgan fingerprint density at radius 2 is 1.84 bits per heavy atom. The van der Waals surface area contributed by atoms with Crippen molar-refractivity contribution in [3.8, 4) is 0 Å². The summed E-state index contributed by atoms with van der Waals surface area (Å²) in [6, 6.07) is 10.8. The molecule has 1 aromatic rings. The van der Waals surface area contributed by atoms with Crippen molar-refractivity contribution in [1.29, 1.82) is 0 Å². The van der Waals surface area contributed by atoms with Crippen molar-refractivity contribution in [2.24, 2.45) is 0 Å². The molecule has 3 heteroatoms. The zero-order valence-electron chi connectivity index (χ0n) is 11.8. The monoisotopic (exact) mass is 277 g/mol. The van der Waals surface area contributed by atoms with Gasteiger partial charge in [0.2, 0.25) is 5.91 Å². The van der Waals surface area contributed by atoms with Gasteiger partial charge in [-0.1, -0.05) is 43.2 Å². The molecule has 2 unspecified atom stereocenters. The summed E-state index contributed by atoms with van der Waals surface area (Å²) in [5.41, 5.74) is 1.29. The number of rotatable bonds is 5. The summed E-state index contributed by atoms with van der Waals surface area (Å²) in [6.45, 7) is 4.17. The third-order valence-corrected chi connectivity index (χ3v) is 5.05. The van der Waals surface area contributed by atoms with Crippen LogP contribution in [0.3, 0.4) is 0 Å². The molecule has 104 valence electrons. The Labute approximate surface area is 120 Å². The average Bonchev–Trinajstić information content (AvgIpc) is 2.92. The van der Waals surface area contributed by atoms with Gasteiger partial charge >= 0.3 is 0 Å². The molecule has 0 radical (unpaired) electrons. The maximum Gasteiger partial charge on any atom is 0.233 e. The van der Waals surface area contributed by atoms with Crippen molar-refractivity contribution in [1.82, 2.24) is 5.32 Å². The van der Waals surface area contributed by atoms with Gasteiger partial charge in [0.25, 0.3) is 0 Å². The fraction of sp³-hybridized carbons (Fsp3) is 0.562. The van der Waals surface area contributed by atoms with Gasteiger partial charge < -0.3 is 5.32 Å². The van der Waals surface area contributed by atoms with Gasteiger partial charge in [-0.2, -0.15) is 0 Å². The molecule has 1 N–H and O–H groups in total. The van der Waals surface area contributed by atoms with E-state index in [0.29, 0.717) is 11.3 Å². The second-order valence-corrected chi connectivity index (χ2v) is 7.01. The summed E-state index contributed by atoms with van der Waals surface area (Å²) in [5, 5.41) is 3.54. The highest BCUT2D eigenvalue weighted by molar-refractivity contribution is 8.00. The smallest absolute Gasteiger partial charge is 0.233 e. The minimum Gasteiger partial charge on any atom is -0.352 e. The van der Waals surface area contributed by atoms with Crippen LogP contribution >= 0.6 is 11.8 Å². The minimum absolute atomic E-state index is 0.0100. The molecule has 0 spiro atoms. The summed E-state index contributed by atoms with van der Waals surface area (Å²) in [7, 11) is 0. The first-order valence-electron chi connectivity index (χ1n) is 7.17. The van der Waals surface area contributed by atoms with Crippen molar-refractivity contribution in [3.63, 3.8) is 0 Å². The number of amides is 1. The largest absolute Gasteiger partial charge is 0.352 e. The molecule has 2 atom stereocenters. The zero-order chi connectivity index (χ0) is 13.7. The lowest BCUT2D eigenvalue weighted by Gasteiger charge is -2.19. The second kappa shape index (κ2) is 6.99. The highest BCUT2D eigenvalue weighted by Crippen LogP contribution is 2.31. The first-order chi connectivity index (χ1) is 9.16. The Balaban J connectivity index is 1.82. The summed E-state index contributed by atoms with van der Waals surface area (Å²) < 4.78 is 0. The van der Waals surface area contributed by atoms with Crippen molar-refractivity contribution in [2.45, 2.75) is 56.1 Å². The second-order valence-electron chi connectivity index (χ2n) is 5.32. The zero-order valence-corrected chi connectivity index (χ0v) is 12.6. The van der Waals surface area contributed by atoms with Crippen LogP contribution in [0, 0.1) is 0 Å². The SMILES string of the molecule is CC(SC(C)c1ccccc1)C(=O)NC1CCCC1. The number of nitrogens with one attached hydrogen (secondary N) is 1. The number of thioether (sulfide) groups is 1. The van der Waals surface area contributed by atoms with Crippen LogP contribution in [0.15, 0.2) is 30.3 Å². The van der Waals surface area contributed by atoms with Gasteiger partial charge in [-0.15, -0.1) is 11.8 Å². The van der Waals surface area contributed by atoms with Crippen LogP contribution in [0.4, 0.5) is 0 Å². The first kappa shape index (κ1) is 14.4. The molecular formula is C16H23NOS. The Morgan fingerprint density at radius 3 is 2.47 bits per heavy atom. The molecule has 2 nitrogen and oxygen atoms in total. The summed E-state index contributed by atoms with van der Waals surface area (Å²) in [5.74, 6) is 0.194. The maximum atomic E-state index is 12.1. The fourth-order valence-corrected chi connectivity index (χ4v) is 3.68. The van der Waals surface area contributed by atoms with E-state index >= 15 is 0 Å². The Kier molecular flexibility index (Phi) is 5.32. The number of hydrogen-bond acceptors (Lipinski definition) is 2. The third-order valence-electron chi connectivity index (χ3n) is 3.75. The summed E-state index contributed by atoms with van der Waals surface area (Å²) >= 11 is 1.73. The van der Waals surface area contributed by atoms with Gasteiger partial charge in [0.15, 0.2) is 0 Å². The molecule has 0 bridgehead atoms. The molecule has 0 heterocycles. The third kappa shape index (κ3) is 4.27. The van der Waals surface area contributed by atoms with E-state index in [2.05, 4.69) is 36.5 Å². The molecule has 19 heavy (non-hydrogen) atoms. The normalized spacial score (nSPS) is 19.1. The Hall–Kier alpha value is -0.960. The number of carbonyl (C=O) groups is 1. The standard InChI is InChI=1S/C16H23NOS/c1-12(14-8-4-3-5-9-14)19-13(2)16(18)17-15-10-6-7-11-15/h3-5,8-9,12-13,15H,6-7,10-11H2,1-2H3,(H,17,18). The predicted octanol–water partition coefficient (Wildman–Crippen LogP) is 3.93. The van der Waals surface area contributed by atoms with Gasteiger partial charge in [-0.3, -0.25) is 4.79 Å². The lowest BCUT2D eigenvalue weighted by atomic mass is 10.2. The number of carbonyl (C=O) groups excluding carboxylic acids is 1. The van der Waals surface area contributed by atoms with Gasteiger partial charge in [0, 0.05) is 11.3 Å². The van der Waals surface area contributed by atoms with Crippen molar-refractivity contribution in [2.75, 3.05) is 0 Å². The molecule has 0 saturated heterocycles. The molecule has 1 amide bonds. The molecular weight excluding hydrogens is 254 g/mol.